The van der Waals surface area contributed by atoms with Crippen LogP contribution in [-0.4, -0.2) is 32.6 Å². The number of carbonyl (C=O) groups is 2. The van der Waals surface area contributed by atoms with Crippen molar-refractivity contribution in [3.8, 4) is 0 Å². The van der Waals surface area contributed by atoms with Gasteiger partial charge in [0.25, 0.3) is 5.91 Å². The van der Waals surface area contributed by atoms with Crippen LogP contribution in [0.1, 0.15) is 36.5 Å². The summed E-state index contributed by atoms with van der Waals surface area (Å²) in [7, 11) is 0. The average molecular weight is 287 g/mol. The monoisotopic (exact) mass is 287 g/mol. The number of rotatable bonds is 3. The summed E-state index contributed by atoms with van der Waals surface area (Å²) in [5, 5.41) is 16.4. The molecule has 110 valence electrons. The number of pyridine rings is 1. The molecule has 1 fully saturated rings. The molecule has 0 radical (unpaired) electrons. The molecule has 2 atom stereocenters. The Morgan fingerprint density at radius 1 is 1.48 bits per heavy atom. The van der Waals surface area contributed by atoms with Crippen LogP contribution in [-0.2, 0) is 4.79 Å². The molecule has 2 aromatic rings. The quantitative estimate of drug-likeness (QED) is 0.900. The van der Waals surface area contributed by atoms with Gasteiger partial charge in [-0.05, 0) is 31.9 Å². The van der Waals surface area contributed by atoms with E-state index in [4.69, 9.17) is 0 Å². The molecule has 2 N–H and O–H groups in total. The van der Waals surface area contributed by atoms with Crippen molar-refractivity contribution in [3.05, 3.63) is 36.2 Å². The molecule has 2 aromatic heterocycles. The molecule has 1 saturated carbocycles. The fourth-order valence-electron chi connectivity index (χ4n) is 3.00. The Balaban J connectivity index is 1.85. The lowest BCUT2D eigenvalue weighted by Crippen LogP contribution is -2.47. The fourth-order valence-corrected chi connectivity index (χ4v) is 3.00. The molecule has 6 nitrogen and oxygen atoms in total. The minimum absolute atomic E-state index is 0.268. The third-order valence-corrected chi connectivity index (χ3v) is 4.42. The smallest absolute Gasteiger partial charge is 0.311 e. The van der Waals surface area contributed by atoms with Crippen LogP contribution in [0.5, 0.6) is 0 Å². The maximum absolute atomic E-state index is 12.4. The van der Waals surface area contributed by atoms with Crippen LogP contribution < -0.4 is 5.32 Å². The summed E-state index contributed by atoms with van der Waals surface area (Å²) >= 11 is 0. The summed E-state index contributed by atoms with van der Waals surface area (Å²) < 4.78 is 1.62. The Morgan fingerprint density at radius 2 is 2.29 bits per heavy atom. The van der Waals surface area contributed by atoms with Crippen molar-refractivity contribution in [1.82, 2.24) is 14.9 Å². The molecule has 0 aromatic carbocycles. The largest absolute Gasteiger partial charge is 0.481 e. The number of carbonyl (C=O) groups excluding carboxylic acids is 1. The van der Waals surface area contributed by atoms with Crippen LogP contribution in [0.15, 0.2) is 30.6 Å². The zero-order valence-electron chi connectivity index (χ0n) is 11.7. The van der Waals surface area contributed by atoms with E-state index in [1.54, 1.807) is 17.6 Å². The molecule has 0 bridgehead atoms. The van der Waals surface area contributed by atoms with Gasteiger partial charge in [0.1, 0.15) is 0 Å². The van der Waals surface area contributed by atoms with Gasteiger partial charge < -0.3 is 10.4 Å². The van der Waals surface area contributed by atoms with E-state index in [1.165, 1.54) is 6.20 Å². The maximum Gasteiger partial charge on any atom is 0.311 e. The van der Waals surface area contributed by atoms with Gasteiger partial charge in [-0.1, -0.05) is 12.5 Å². The van der Waals surface area contributed by atoms with Gasteiger partial charge in [-0.2, -0.15) is 5.10 Å². The topological polar surface area (TPSA) is 83.7 Å². The van der Waals surface area contributed by atoms with Crippen molar-refractivity contribution in [3.63, 3.8) is 0 Å². The second kappa shape index (κ2) is 4.87. The Morgan fingerprint density at radius 3 is 3.05 bits per heavy atom. The summed E-state index contributed by atoms with van der Waals surface area (Å²) in [5.41, 5.74) is 0.291. The number of nitrogens with zero attached hydrogens (tertiary/aromatic N) is 2. The normalized spacial score (nSPS) is 25.1. The van der Waals surface area contributed by atoms with Crippen LogP contribution >= 0.6 is 0 Å². The van der Waals surface area contributed by atoms with Crippen LogP contribution in [0.3, 0.4) is 0 Å². The standard InChI is InChI=1S/C15H17N3O3/c1-15(14(20)21)7-4-6-12(15)17-13(19)10-9-16-18-8-3-2-5-11(10)18/h2-3,5,8-9,12H,4,6-7H2,1H3,(H,17,19)(H,20,21). The van der Waals surface area contributed by atoms with Gasteiger partial charge in [0.2, 0.25) is 0 Å². The highest BCUT2D eigenvalue weighted by Gasteiger charge is 2.46. The zero-order valence-corrected chi connectivity index (χ0v) is 11.7. The van der Waals surface area contributed by atoms with Crippen LogP contribution in [0.2, 0.25) is 0 Å². The second-order valence-electron chi connectivity index (χ2n) is 5.73. The first-order valence-electron chi connectivity index (χ1n) is 6.99. The molecule has 1 amide bonds. The highest BCUT2D eigenvalue weighted by molar-refractivity contribution is 6.01. The summed E-state index contributed by atoms with van der Waals surface area (Å²) in [6, 6.07) is 5.14. The summed E-state index contributed by atoms with van der Waals surface area (Å²) in [4.78, 5) is 23.9. The van der Waals surface area contributed by atoms with E-state index in [9.17, 15) is 14.7 Å². The number of carboxylic acid groups (broad SMARTS) is 1. The number of fused-ring (bicyclic) bond motifs is 1. The molecule has 0 saturated heterocycles. The lowest BCUT2D eigenvalue weighted by atomic mass is 9.85. The van der Waals surface area contributed by atoms with Gasteiger partial charge in [-0.15, -0.1) is 0 Å². The summed E-state index contributed by atoms with van der Waals surface area (Å²) in [6.07, 6.45) is 5.36. The Hall–Kier alpha value is -2.37. The van der Waals surface area contributed by atoms with E-state index in [1.807, 2.05) is 18.2 Å². The number of hydrogen-bond donors (Lipinski definition) is 2. The van der Waals surface area contributed by atoms with Gasteiger partial charge >= 0.3 is 5.97 Å². The van der Waals surface area contributed by atoms with E-state index >= 15 is 0 Å². The SMILES string of the molecule is CC1(C(=O)O)CCCC1NC(=O)c1cnn2ccccc12. The molecule has 2 heterocycles. The molecule has 21 heavy (non-hydrogen) atoms. The third-order valence-electron chi connectivity index (χ3n) is 4.42. The molecule has 2 unspecified atom stereocenters. The van der Waals surface area contributed by atoms with Crippen LogP contribution in [0.4, 0.5) is 0 Å². The molecule has 6 heteroatoms. The number of aromatic nitrogens is 2. The van der Waals surface area contributed by atoms with Crippen LogP contribution in [0.25, 0.3) is 5.52 Å². The van der Waals surface area contributed by atoms with Crippen molar-refractivity contribution < 1.29 is 14.7 Å². The van der Waals surface area contributed by atoms with Crippen molar-refractivity contribution >= 4 is 17.4 Å². The lowest BCUT2D eigenvalue weighted by molar-refractivity contribution is -0.148. The van der Waals surface area contributed by atoms with Crippen LogP contribution in [0, 0.1) is 5.41 Å². The minimum atomic E-state index is -0.890. The van der Waals surface area contributed by atoms with Gasteiger partial charge in [0.15, 0.2) is 0 Å². The second-order valence-corrected chi connectivity index (χ2v) is 5.73. The first kappa shape index (κ1) is 13.6. The number of aliphatic carboxylic acids is 1. The Bertz CT molecular complexity index is 709. The zero-order chi connectivity index (χ0) is 15.0. The Kier molecular flexibility index (Phi) is 3.16. The molecule has 0 aliphatic heterocycles. The van der Waals surface area contributed by atoms with E-state index < -0.39 is 11.4 Å². The predicted octanol–water partition coefficient (Wildman–Crippen LogP) is 1.71. The highest BCUT2D eigenvalue weighted by atomic mass is 16.4. The first-order chi connectivity index (χ1) is 10.0. The van der Waals surface area contributed by atoms with Crippen molar-refractivity contribution in [2.75, 3.05) is 0 Å². The molecule has 3 rings (SSSR count). The minimum Gasteiger partial charge on any atom is -0.481 e. The van der Waals surface area contributed by atoms with Gasteiger partial charge in [0, 0.05) is 12.2 Å². The highest BCUT2D eigenvalue weighted by Crippen LogP contribution is 2.38. The molecular formula is C15H17N3O3. The van der Waals surface area contributed by atoms with Crippen molar-refractivity contribution in [2.24, 2.45) is 5.41 Å². The first-order valence-corrected chi connectivity index (χ1v) is 6.99. The lowest BCUT2D eigenvalue weighted by Gasteiger charge is -2.27. The molecule has 1 aliphatic rings. The predicted molar refractivity (Wildman–Crippen MR) is 76.0 cm³/mol. The van der Waals surface area contributed by atoms with E-state index in [-0.39, 0.29) is 11.9 Å². The fraction of sp³-hybridized carbons (Fsp3) is 0.400. The van der Waals surface area contributed by atoms with E-state index in [2.05, 4.69) is 10.4 Å². The summed E-state index contributed by atoms with van der Waals surface area (Å²) in [6.45, 7) is 1.70. The molecule has 0 spiro atoms. The van der Waals surface area contributed by atoms with Gasteiger partial charge in [-0.3, -0.25) is 9.59 Å². The molecule has 1 aliphatic carbocycles. The summed E-state index contributed by atoms with van der Waals surface area (Å²) in [5.74, 6) is -1.12. The molecular weight excluding hydrogens is 270 g/mol. The van der Waals surface area contributed by atoms with Gasteiger partial charge in [0.05, 0.1) is 22.7 Å². The maximum atomic E-state index is 12.4. The van der Waals surface area contributed by atoms with Crippen molar-refractivity contribution in [2.45, 2.75) is 32.2 Å². The Labute approximate surface area is 121 Å². The van der Waals surface area contributed by atoms with E-state index in [0.717, 1.165) is 6.42 Å². The number of amides is 1. The number of carboxylic acids is 1. The van der Waals surface area contributed by atoms with E-state index in [0.29, 0.717) is 23.9 Å². The average Bonchev–Trinajstić information content (AvgIpc) is 3.04. The van der Waals surface area contributed by atoms with Gasteiger partial charge in [-0.25, -0.2) is 4.52 Å². The van der Waals surface area contributed by atoms with Crippen molar-refractivity contribution in [1.29, 1.82) is 0 Å². The third kappa shape index (κ3) is 2.16. The number of hydrogen-bond acceptors (Lipinski definition) is 3. The number of nitrogens with one attached hydrogen (secondary N) is 1.